The van der Waals surface area contributed by atoms with Crippen LogP contribution >= 0.6 is 0 Å². The van der Waals surface area contributed by atoms with Crippen LogP contribution in [0, 0.1) is 11.8 Å². The van der Waals surface area contributed by atoms with E-state index in [1.807, 2.05) is 12.2 Å². The normalized spacial score (nSPS) is 31.8. The first-order chi connectivity index (χ1) is 6.24. The Morgan fingerprint density at radius 2 is 1.54 bits per heavy atom. The number of hydrogen-bond acceptors (Lipinski definition) is 3. The quantitative estimate of drug-likeness (QED) is 0.654. The van der Waals surface area contributed by atoms with Gasteiger partial charge in [0.05, 0.1) is 13.2 Å². The summed E-state index contributed by atoms with van der Waals surface area (Å²) in [7, 11) is 0. The van der Waals surface area contributed by atoms with Crippen LogP contribution in [-0.4, -0.2) is 13.2 Å². The lowest BCUT2D eigenvalue weighted by atomic mass is 10.2. The molecule has 3 nitrogen and oxygen atoms in total. The summed E-state index contributed by atoms with van der Waals surface area (Å²) in [6, 6.07) is 0. The van der Waals surface area contributed by atoms with Gasteiger partial charge in [0.15, 0.2) is 0 Å². The van der Waals surface area contributed by atoms with Crippen LogP contribution in [0.5, 0.6) is 0 Å². The molecule has 13 heavy (non-hydrogen) atoms. The molecule has 3 heteroatoms. The van der Waals surface area contributed by atoms with Crippen molar-refractivity contribution in [2.45, 2.75) is 13.8 Å². The molecule has 0 aromatic carbocycles. The van der Waals surface area contributed by atoms with E-state index in [2.05, 4.69) is 13.8 Å². The Balaban J connectivity index is 1.92. The van der Waals surface area contributed by atoms with Gasteiger partial charge in [-0.05, 0) is 0 Å². The molecule has 0 aliphatic carbocycles. The van der Waals surface area contributed by atoms with Gasteiger partial charge >= 0.3 is 0 Å². The van der Waals surface area contributed by atoms with E-state index in [9.17, 15) is 0 Å². The van der Waals surface area contributed by atoms with Gasteiger partial charge in [0.1, 0.15) is 0 Å². The average Bonchev–Trinajstić information content (AvgIpc) is 2.62. The van der Waals surface area contributed by atoms with Crippen LogP contribution in [0.1, 0.15) is 13.8 Å². The Morgan fingerprint density at radius 3 is 1.85 bits per heavy atom. The van der Waals surface area contributed by atoms with Gasteiger partial charge in [0.2, 0.25) is 0 Å². The molecule has 72 valence electrons. The highest BCUT2D eigenvalue weighted by Crippen LogP contribution is 2.23. The van der Waals surface area contributed by atoms with Gasteiger partial charge in [0, 0.05) is 24.0 Å². The summed E-state index contributed by atoms with van der Waals surface area (Å²) in [5, 5.41) is 0. The summed E-state index contributed by atoms with van der Waals surface area (Å²) in [4.78, 5) is 0. The fourth-order valence-electron chi connectivity index (χ4n) is 1.31. The second kappa shape index (κ2) is 3.32. The summed E-state index contributed by atoms with van der Waals surface area (Å²) in [5.74, 6) is 2.03. The minimum atomic E-state index is 0.439. The van der Waals surface area contributed by atoms with Crippen molar-refractivity contribution in [3.05, 3.63) is 24.0 Å². The Kier molecular flexibility index (Phi) is 2.17. The van der Waals surface area contributed by atoms with Crippen LogP contribution in [0.4, 0.5) is 0 Å². The van der Waals surface area contributed by atoms with Crippen LogP contribution in [0.3, 0.4) is 0 Å². The average molecular weight is 182 g/mol. The molecule has 2 aliphatic rings. The van der Waals surface area contributed by atoms with E-state index in [0.717, 1.165) is 0 Å². The molecule has 2 unspecified atom stereocenters. The lowest BCUT2D eigenvalue weighted by Gasteiger charge is -2.06. The molecule has 0 radical (unpaired) electrons. The molecule has 2 atom stereocenters. The molecule has 0 aromatic rings. The summed E-state index contributed by atoms with van der Waals surface area (Å²) in [6.45, 7) is 5.59. The summed E-state index contributed by atoms with van der Waals surface area (Å²) in [5.41, 5.74) is 0. The van der Waals surface area contributed by atoms with Gasteiger partial charge in [-0.1, -0.05) is 13.8 Å². The lowest BCUT2D eigenvalue weighted by Crippen LogP contribution is -1.95. The molecule has 2 aliphatic heterocycles. The van der Waals surface area contributed by atoms with Crippen molar-refractivity contribution in [2.24, 2.45) is 11.8 Å². The highest BCUT2D eigenvalue weighted by molar-refractivity contribution is 5.01. The molecule has 0 amide bonds. The van der Waals surface area contributed by atoms with E-state index in [1.165, 1.54) is 0 Å². The highest BCUT2D eigenvalue weighted by atomic mass is 16.7. The molecule has 0 N–H and O–H groups in total. The molecule has 0 bridgehead atoms. The second-order valence-electron chi connectivity index (χ2n) is 3.65. The van der Waals surface area contributed by atoms with E-state index in [1.54, 1.807) is 0 Å². The van der Waals surface area contributed by atoms with Crippen molar-refractivity contribution < 1.29 is 14.2 Å². The maximum absolute atomic E-state index is 5.39. The minimum absolute atomic E-state index is 0.439. The summed E-state index contributed by atoms with van der Waals surface area (Å²) < 4.78 is 16.0. The molecule has 2 heterocycles. The zero-order chi connectivity index (χ0) is 9.26. The van der Waals surface area contributed by atoms with Crippen molar-refractivity contribution in [2.75, 3.05) is 13.2 Å². The van der Waals surface area contributed by atoms with Gasteiger partial charge < -0.3 is 14.2 Å². The predicted octanol–water partition coefficient (Wildman–Crippen LogP) is 2.02. The zero-order valence-corrected chi connectivity index (χ0v) is 7.95. The first kappa shape index (κ1) is 8.48. The zero-order valence-electron chi connectivity index (χ0n) is 7.95. The third kappa shape index (κ3) is 1.97. The molecular formula is C10H14O3. The minimum Gasteiger partial charge on any atom is -0.465 e. The maximum atomic E-state index is 5.39. The van der Waals surface area contributed by atoms with Crippen LogP contribution in [0.2, 0.25) is 0 Å². The third-order valence-corrected chi connectivity index (χ3v) is 2.02. The Hall–Kier alpha value is -1.12. The SMILES string of the molecule is CC1C=C(OC2=CC(C)CO2)OC1. The van der Waals surface area contributed by atoms with Crippen molar-refractivity contribution in [1.82, 2.24) is 0 Å². The monoisotopic (exact) mass is 182 g/mol. The number of hydrogen-bond donors (Lipinski definition) is 0. The van der Waals surface area contributed by atoms with Crippen molar-refractivity contribution in [3.8, 4) is 0 Å². The molecule has 0 fully saturated rings. The number of ether oxygens (including phenoxy) is 3. The first-order valence-electron chi connectivity index (χ1n) is 4.61. The maximum Gasteiger partial charge on any atom is 0.283 e. The largest absolute Gasteiger partial charge is 0.465 e. The van der Waals surface area contributed by atoms with Crippen molar-refractivity contribution >= 4 is 0 Å². The van der Waals surface area contributed by atoms with Crippen LogP contribution in [-0.2, 0) is 14.2 Å². The molecular weight excluding hydrogens is 168 g/mol. The molecule has 0 saturated heterocycles. The van der Waals surface area contributed by atoms with E-state index >= 15 is 0 Å². The van der Waals surface area contributed by atoms with Crippen LogP contribution in [0.25, 0.3) is 0 Å². The molecule has 2 rings (SSSR count). The van der Waals surface area contributed by atoms with E-state index in [0.29, 0.717) is 36.9 Å². The fraction of sp³-hybridized carbons (Fsp3) is 0.600. The van der Waals surface area contributed by atoms with Gasteiger partial charge in [-0.2, -0.15) is 0 Å². The van der Waals surface area contributed by atoms with E-state index < -0.39 is 0 Å². The lowest BCUT2D eigenvalue weighted by molar-refractivity contribution is 0.0129. The van der Waals surface area contributed by atoms with Crippen molar-refractivity contribution in [1.29, 1.82) is 0 Å². The summed E-state index contributed by atoms with van der Waals surface area (Å²) >= 11 is 0. The van der Waals surface area contributed by atoms with Crippen LogP contribution in [0.15, 0.2) is 24.0 Å². The van der Waals surface area contributed by atoms with E-state index in [-0.39, 0.29) is 0 Å². The predicted molar refractivity (Wildman–Crippen MR) is 47.5 cm³/mol. The molecule has 0 aromatic heterocycles. The second-order valence-corrected chi connectivity index (χ2v) is 3.65. The standard InChI is InChI=1S/C10H14O3/c1-7-3-9(11-5-7)13-10-4-8(2)6-12-10/h3-4,7-8H,5-6H2,1-2H3. The Bertz CT molecular complexity index is 229. The first-order valence-corrected chi connectivity index (χ1v) is 4.61. The number of rotatable bonds is 2. The smallest absolute Gasteiger partial charge is 0.283 e. The van der Waals surface area contributed by atoms with E-state index in [4.69, 9.17) is 14.2 Å². The van der Waals surface area contributed by atoms with Gasteiger partial charge in [-0.25, -0.2) is 0 Å². The molecule has 0 spiro atoms. The van der Waals surface area contributed by atoms with Crippen molar-refractivity contribution in [3.63, 3.8) is 0 Å². The van der Waals surface area contributed by atoms with Gasteiger partial charge in [-0.3, -0.25) is 0 Å². The molecule has 0 saturated carbocycles. The van der Waals surface area contributed by atoms with Gasteiger partial charge in [-0.15, -0.1) is 0 Å². The van der Waals surface area contributed by atoms with Crippen LogP contribution < -0.4 is 0 Å². The topological polar surface area (TPSA) is 27.7 Å². The third-order valence-electron chi connectivity index (χ3n) is 2.02. The van der Waals surface area contributed by atoms with Gasteiger partial charge in [0.25, 0.3) is 11.9 Å². The summed E-state index contributed by atoms with van der Waals surface area (Å²) in [6.07, 6.45) is 3.93. The Morgan fingerprint density at radius 1 is 1.08 bits per heavy atom. The Labute approximate surface area is 78.0 Å². The fourth-order valence-corrected chi connectivity index (χ4v) is 1.31. The highest BCUT2D eigenvalue weighted by Gasteiger charge is 2.19.